The van der Waals surface area contributed by atoms with E-state index in [1.165, 1.54) is 5.56 Å². The van der Waals surface area contributed by atoms with E-state index in [1.807, 2.05) is 31.2 Å². The average Bonchev–Trinajstić information content (AvgIpc) is 2.03. The first kappa shape index (κ1) is 9.33. The van der Waals surface area contributed by atoms with Gasteiger partial charge in [0.15, 0.2) is 6.61 Å². The van der Waals surface area contributed by atoms with Gasteiger partial charge in [-0.15, -0.1) is 0 Å². The maximum absolute atomic E-state index is 8.30. The molecule has 0 spiro atoms. The van der Waals surface area contributed by atoms with Crippen LogP contribution in [-0.2, 0) is 0 Å². The van der Waals surface area contributed by atoms with Crippen LogP contribution in [0.15, 0.2) is 18.2 Å². The summed E-state index contributed by atoms with van der Waals surface area (Å²) in [6.45, 7) is 2.13. The molecule has 0 fully saturated rings. The van der Waals surface area contributed by atoms with Gasteiger partial charge in [0, 0.05) is 0 Å². The van der Waals surface area contributed by atoms with Crippen molar-refractivity contribution >= 4 is 22.6 Å². The van der Waals surface area contributed by atoms with Crippen molar-refractivity contribution in [1.29, 1.82) is 5.26 Å². The number of hydrogen-bond acceptors (Lipinski definition) is 2. The molecule has 0 aliphatic carbocycles. The van der Waals surface area contributed by atoms with E-state index in [1.54, 1.807) is 0 Å². The topological polar surface area (TPSA) is 33.0 Å². The minimum absolute atomic E-state index is 0.110. The van der Waals surface area contributed by atoms with Crippen LogP contribution in [0.3, 0.4) is 0 Å². The molecular formula is C9H8INO. The Bertz CT molecular complexity index is 317. The van der Waals surface area contributed by atoms with Crippen molar-refractivity contribution in [2.75, 3.05) is 6.61 Å². The highest BCUT2D eigenvalue weighted by Gasteiger charge is 1.99. The number of aryl methyl sites for hydroxylation is 1. The minimum atomic E-state index is 0.110. The maximum atomic E-state index is 8.30. The lowest BCUT2D eigenvalue weighted by Gasteiger charge is -2.04. The van der Waals surface area contributed by atoms with Gasteiger partial charge < -0.3 is 4.74 Å². The number of hydrogen-bond donors (Lipinski definition) is 0. The zero-order valence-corrected chi connectivity index (χ0v) is 8.83. The Morgan fingerprint density at radius 1 is 1.58 bits per heavy atom. The first-order valence-corrected chi connectivity index (χ1v) is 4.58. The highest BCUT2D eigenvalue weighted by molar-refractivity contribution is 14.1. The fourth-order valence-corrected chi connectivity index (χ4v) is 1.66. The first-order chi connectivity index (χ1) is 5.74. The predicted octanol–water partition coefficient (Wildman–Crippen LogP) is 2.50. The van der Waals surface area contributed by atoms with E-state index in [0.717, 1.165) is 9.32 Å². The number of benzene rings is 1. The molecule has 0 amide bonds. The Hall–Kier alpha value is -0.760. The molecule has 0 aliphatic heterocycles. The van der Waals surface area contributed by atoms with Crippen LogP contribution in [0.4, 0.5) is 0 Å². The lowest BCUT2D eigenvalue weighted by molar-refractivity contribution is 0.365. The zero-order valence-electron chi connectivity index (χ0n) is 6.67. The average molecular weight is 273 g/mol. The summed E-state index contributed by atoms with van der Waals surface area (Å²) in [6.07, 6.45) is 0. The normalized spacial score (nSPS) is 9.08. The van der Waals surface area contributed by atoms with Gasteiger partial charge in [0.05, 0.1) is 3.57 Å². The van der Waals surface area contributed by atoms with E-state index in [9.17, 15) is 0 Å². The van der Waals surface area contributed by atoms with Crippen LogP contribution < -0.4 is 4.74 Å². The van der Waals surface area contributed by atoms with Crippen LogP contribution >= 0.6 is 22.6 Å². The molecule has 1 aromatic carbocycles. The lowest BCUT2D eigenvalue weighted by atomic mass is 10.2. The van der Waals surface area contributed by atoms with Gasteiger partial charge in [-0.3, -0.25) is 0 Å². The van der Waals surface area contributed by atoms with Gasteiger partial charge in [-0.1, -0.05) is 6.07 Å². The number of nitrogens with zero attached hydrogens (tertiary/aromatic N) is 1. The molecule has 0 saturated heterocycles. The highest BCUT2D eigenvalue weighted by atomic mass is 127. The SMILES string of the molecule is Cc1ccc(OCC#N)c(I)c1. The summed E-state index contributed by atoms with van der Waals surface area (Å²) in [4.78, 5) is 0. The van der Waals surface area contributed by atoms with E-state index < -0.39 is 0 Å². The molecule has 0 heterocycles. The molecule has 0 aromatic heterocycles. The van der Waals surface area contributed by atoms with Crippen molar-refractivity contribution in [1.82, 2.24) is 0 Å². The molecule has 2 nitrogen and oxygen atoms in total. The van der Waals surface area contributed by atoms with Gasteiger partial charge in [0.25, 0.3) is 0 Å². The smallest absolute Gasteiger partial charge is 0.174 e. The second kappa shape index (κ2) is 4.31. The largest absolute Gasteiger partial charge is 0.478 e. The zero-order chi connectivity index (χ0) is 8.97. The second-order valence-electron chi connectivity index (χ2n) is 2.38. The van der Waals surface area contributed by atoms with Gasteiger partial charge in [-0.25, -0.2) is 0 Å². The fourth-order valence-electron chi connectivity index (χ4n) is 0.833. The maximum Gasteiger partial charge on any atom is 0.174 e. The Morgan fingerprint density at radius 2 is 2.33 bits per heavy atom. The molecule has 0 N–H and O–H groups in total. The number of nitriles is 1. The summed E-state index contributed by atoms with van der Waals surface area (Å²) in [5, 5.41) is 8.30. The summed E-state index contributed by atoms with van der Waals surface area (Å²) >= 11 is 2.19. The summed E-state index contributed by atoms with van der Waals surface area (Å²) in [5.41, 5.74) is 1.20. The van der Waals surface area contributed by atoms with Crippen LogP contribution in [0.25, 0.3) is 0 Å². The monoisotopic (exact) mass is 273 g/mol. The van der Waals surface area contributed by atoms with Gasteiger partial charge in [0.1, 0.15) is 11.8 Å². The summed E-state index contributed by atoms with van der Waals surface area (Å²) in [5.74, 6) is 0.780. The highest BCUT2D eigenvalue weighted by Crippen LogP contribution is 2.21. The predicted molar refractivity (Wildman–Crippen MR) is 55.0 cm³/mol. The Kier molecular flexibility index (Phi) is 3.35. The number of ether oxygens (including phenoxy) is 1. The number of halogens is 1. The van der Waals surface area contributed by atoms with Gasteiger partial charge in [-0.05, 0) is 47.2 Å². The van der Waals surface area contributed by atoms with Crippen LogP contribution in [0.2, 0.25) is 0 Å². The van der Waals surface area contributed by atoms with E-state index in [2.05, 4.69) is 22.6 Å². The van der Waals surface area contributed by atoms with Gasteiger partial charge >= 0.3 is 0 Å². The number of rotatable bonds is 2. The van der Waals surface area contributed by atoms with Gasteiger partial charge in [0.2, 0.25) is 0 Å². The van der Waals surface area contributed by atoms with Crippen LogP contribution in [0, 0.1) is 21.8 Å². The van der Waals surface area contributed by atoms with E-state index >= 15 is 0 Å². The van der Waals surface area contributed by atoms with E-state index in [-0.39, 0.29) is 6.61 Å². The Morgan fingerprint density at radius 3 is 2.92 bits per heavy atom. The van der Waals surface area contributed by atoms with E-state index in [4.69, 9.17) is 10.00 Å². The molecule has 0 bridgehead atoms. The molecule has 0 atom stereocenters. The van der Waals surface area contributed by atoms with E-state index in [0.29, 0.717) is 0 Å². The summed E-state index contributed by atoms with van der Waals surface area (Å²) < 4.78 is 6.22. The third-order valence-corrected chi connectivity index (χ3v) is 2.22. The second-order valence-corrected chi connectivity index (χ2v) is 3.54. The van der Waals surface area contributed by atoms with Crippen LogP contribution in [0.1, 0.15) is 5.56 Å². The first-order valence-electron chi connectivity index (χ1n) is 3.50. The van der Waals surface area contributed by atoms with Crippen LogP contribution in [0.5, 0.6) is 5.75 Å². The van der Waals surface area contributed by atoms with Gasteiger partial charge in [-0.2, -0.15) is 5.26 Å². The quantitative estimate of drug-likeness (QED) is 0.775. The molecule has 12 heavy (non-hydrogen) atoms. The minimum Gasteiger partial charge on any atom is -0.478 e. The molecular weight excluding hydrogens is 265 g/mol. The van der Waals surface area contributed by atoms with Crippen molar-refractivity contribution in [3.05, 3.63) is 27.3 Å². The standard InChI is InChI=1S/C9H8INO/c1-7-2-3-9(8(10)6-7)12-5-4-11/h2-3,6H,5H2,1H3. The molecule has 0 saturated carbocycles. The van der Waals surface area contributed by atoms with Crippen molar-refractivity contribution in [2.24, 2.45) is 0 Å². The Balaban J connectivity index is 2.81. The van der Waals surface area contributed by atoms with Crippen molar-refractivity contribution < 1.29 is 4.74 Å². The molecule has 62 valence electrons. The van der Waals surface area contributed by atoms with Crippen molar-refractivity contribution in [2.45, 2.75) is 6.92 Å². The molecule has 0 unspecified atom stereocenters. The molecule has 0 aliphatic rings. The third-order valence-electron chi connectivity index (χ3n) is 1.38. The van der Waals surface area contributed by atoms with Crippen LogP contribution in [-0.4, -0.2) is 6.61 Å². The molecule has 1 aromatic rings. The molecule has 1 rings (SSSR count). The summed E-state index contributed by atoms with van der Waals surface area (Å²) in [7, 11) is 0. The fraction of sp³-hybridized carbons (Fsp3) is 0.222. The third kappa shape index (κ3) is 2.38. The Labute approximate surface area is 85.3 Å². The summed E-state index contributed by atoms with van der Waals surface area (Å²) in [6, 6.07) is 7.80. The molecule has 0 radical (unpaired) electrons. The molecule has 3 heteroatoms. The lowest BCUT2D eigenvalue weighted by Crippen LogP contribution is -1.95. The van der Waals surface area contributed by atoms with Crippen molar-refractivity contribution in [3.63, 3.8) is 0 Å². The van der Waals surface area contributed by atoms with Crippen molar-refractivity contribution in [3.8, 4) is 11.8 Å².